The number of rotatable bonds is 5. The fourth-order valence-corrected chi connectivity index (χ4v) is 4.44. The third kappa shape index (κ3) is 2.91. The van der Waals surface area contributed by atoms with Gasteiger partial charge in [-0.05, 0) is 75.3 Å². The molecule has 23 heavy (non-hydrogen) atoms. The van der Waals surface area contributed by atoms with Crippen LogP contribution in [0.5, 0.6) is 0 Å². The molecule has 0 bridgehead atoms. The number of benzene rings is 1. The van der Waals surface area contributed by atoms with Crippen molar-refractivity contribution in [2.45, 2.75) is 55.4 Å². The van der Waals surface area contributed by atoms with E-state index < -0.39 is 13.0 Å². The quantitative estimate of drug-likeness (QED) is 0.767. The van der Waals surface area contributed by atoms with Crippen molar-refractivity contribution in [1.82, 2.24) is 9.88 Å². The molecule has 4 rings (SSSR count). The summed E-state index contributed by atoms with van der Waals surface area (Å²) in [4.78, 5) is 6.22. The monoisotopic (exact) mass is 335 g/mol. The molecule has 2 nitrogen and oxygen atoms in total. The predicted molar refractivity (Wildman–Crippen MR) is 96.1 cm³/mol. The van der Waals surface area contributed by atoms with Gasteiger partial charge >= 0.3 is 0 Å². The Morgan fingerprint density at radius 3 is 3.00 bits per heavy atom. The van der Waals surface area contributed by atoms with Gasteiger partial charge in [0.25, 0.3) is 0 Å². The maximum absolute atomic E-state index is 12.8. The van der Waals surface area contributed by atoms with Crippen LogP contribution >= 0.6 is 11.8 Å². The summed E-state index contributed by atoms with van der Waals surface area (Å²) in [5.41, 5.74) is 3.63. The number of likely N-dealkylation sites (tertiary alicyclic amines) is 1. The Morgan fingerprint density at radius 2 is 2.26 bits per heavy atom. The molecule has 0 spiro atoms. The minimum atomic E-state index is -2.03. The van der Waals surface area contributed by atoms with Crippen LogP contribution in [0, 0.1) is 0 Å². The van der Waals surface area contributed by atoms with Crippen LogP contribution in [0.2, 0.25) is 0 Å². The molecule has 1 aliphatic carbocycles. The van der Waals surface area contributed by atoms with Crippen LogP contribution in [0.3, 0.4) is 0 Å². The van der Waals surface area contributed by atoms with Crippen molar-refractivity contribution in [3.63, 3.8) is 0 Å². The second kappa shape index (κ2) is 6.48. The first-order chi connectivity index (χ1) is 12.5. The van der Waals surface area contributed by atoms with E-state index in [0.29, 0.717) is 12.5 Å². The van der Waals surface area contributed by atoms with Crippen molar-refractivity contribution >= 4 is 22.7 Å². The third-order valence-corrected chi connectivity index (χ3v) is 6.16. The Bertz CT molecular complexity index is 785. The number of alkyl halides is 1. The zero-order valence-electron chi connectivity index (χ0n) is 16.3. The zero-order valence-corrected chi connectivity index (χ0v) is 14.1. The van der Waals surface area contributed by atoms with Crippen LogP contribution in [-0.2, 0) is 6.42 Å². The smallest absolute Gasteiger partial charge is 0.139 e. The van der Waals surface area contributed by atoms with Crippen molar-refractivity contribution in [2.24, 2.45) is 0 Å². The summed E-state index contributed by atoms with van der Waals surface area (Å²) in [7, 11) is 0. The van der Waals surface area contributed by atoms with Gasteiger partial charge in [-0.15, -0.1) is 0 Å². The van der Waals surface area contributed by atoms with E-state index in [1.165, 1.54) is 42.3 Å². The van der Waals surface area contributed by atoms with Gasteiger partial charge in [-0.25, -0.2) is 4.39 Å². The van der Waals surface area contributed by atoms with Crippen LogP contribution in [0.15, 0.2) is 23.1 Å². The molecule has 2 aliphatic rings. The number of halogens is 1. The van der Waals surface area contributed by atoms with Crippen molar-refractivity contribution in [2.75, 3.05) is 19.5 Å². The number of hydrogen-bond acceptors (Lipinski definition) is 2. The molecule has 2 fully saturated rings. The predicted octanol–water partition coefficient (Wildman–Crippen LogP) is 5.09. The Balaban J connectivity index is 1.72. The highest BCUT2D eigenvalue weighted by Crippen LogP contribution is 2.41. The molecular weight excluding hydrogens is 307 g/mol. The number of aromatic amines is 1. The number of likely N-dealkylation sites (N-methyl/N-ethyl adjacent to an activating group) is 1. The average Bonchev–Trinajstić information content (AvgIpc) is 3.12. The molecule has 1 saturated carbocycles. The summed E-state index contributed by atoms with van der Waals surface area (Å²) in [5, 5.41) is 1.14. The molecule has 1 aromatic carbocycles. The molecule has 1 aliphatic heterocycles. The van der Waals surface area contributed by atoms with Gasteiger partial charge in [-0.1, -0.05) is 18.2 Å². The molecular formula is C19H25FN2S. The summed E-state index contributed by atoms with van der Waals surface area (Å²) in [5.74, 6) is 0.553. The summed E-state index contributed by atoms with van der Waals surface area (Å²) < 4.78 is 36.3. The van der Waals surface area contributed by atoms with E-state index in [-0.39, 0.29) is 6.04 Å². The van der Waals surface area contributed by atoms with Gasteiger partial charge in [0, 0.05) is 31.6 Å². The molecule has 4 heteroatoms. The van der Waals surface area contributed by atoms with Crippen LogP contribution in [-0.4, -0.2) is 35.5 Å². The molecule has 1 aromatic heterocycles. The van der Waals surface area contributed by atoms with Crippen molar-refractivity contribution in [3.8, 4) is 0 Å². The normalized spacial score (nSPS) is 25.3. The number of aromatic nitrogens is 1. The Morgan fingerprint density at radius 1 is 1.35 bits per heavy atom. The van der Waals surface area contributed by atoms with E-state index in [2.05, 4.69) is 11.1 Å². The third-order valence-electron chi connectivity index (χ3n) is 5.46. The molecule has 0 amide bonds. The Kier molecular flexibility index (Phi) is 3.49. The topological polar surface area (TPSA) is 19.0 Å². The lowest BCUT2D eigenvalue weighted by Gasteiger charge is -2.27. The molecule has 1 N–H and O–H groups in total. The minimum absolute atomic E-state index is 0.0535. The van der Waals surface area contributed by atoms with Crippen LogP contribution in [0.4, 0.5) is 4.39 Å². The first-order valence-electron chi connectivity index (χ1n) is 10.1. The average molecular weight is 336 g/mol. The lowest BCUT2D eigenvalue weighted by atomic mass is 9.80. The highest BCUT2D eigenvalue weighted by Gasteiger charge is 2.29. The number of nitrogens with one attached hydrogen (secondary N) is 1. The maximum Gasteiger partial charge on any atom is 0.139 e. The zero-order chi connectivity index (χ0) is 18.3. The van der Waals surface area contributed by atoms with Crippen molar-refractivity contribution in [1.29, 1.82) is 0 Å². The first-order valence-corrected chi connectivity index (χ1v) is 9.56. The van der Waals surface area contributed by atoms with Gasteiger partial charge in [0.1, 0.15) is 6.01 Å². The maximum atomic E-state index is 12.8. The first kappa shape index (κ1) is 12.4. The summed E-state index contributed by atoms with van der Waals surface area (Å²) >= 11 is 1.20. The summed E-state index contributed by atoms with van der Waals surface area (Å²) in [6, 6.07) is 5.69. The van der Waals surface area contributed by atoms with Gasteiger partial charge in [0.2, 0.25) is 0 Å². The van der Waals surface area contributed by atoms with Gasteiger partial charge in [-0.2, -0.15) is 0 Å². The second-order valence-corrected chi connectivity index (χ2v) is 7.78. The van der Waals surface area contributed by atoms with Crippen molar-refractivity contribution < 1.29 is 8.50 Å². The largest absolute Gasteiger partial charge is 0.358 e. The van der Waals surface area contributed by atoms with E-state index >= 15 is 0 Å². The van der Waals surface area contributed by atoms with E-state index in [9.17, 15) is 4.39 Å². The molecule has 2 heterocycles. The molecule has 1 atom stereocenters. The van der Waals surface area contributed by atoms with E-state index in [1.807, 2.05) is 12.1 Å². The molecule has 0 radical (unpaired) electrons. The van der Waals surface area contributed by atoms with Gasteiger partial charge in [0.05, 0.1) is 0 Å². The number of H-pyrrole nitrogens is 1. The summed E-state index contributed by atoms with van der Waals surface area (Å²) in [6.45, 7) is -1.38. The molecule has 124 valence electrons. The van der Waals surface area contributed by atoms with Crippen molar-refractivity contribution in [3.05, 3.63) is 29.5 Å². The second-order valence-electron chi connectivity index (χ2n) is 6.80. The SMILES string of the molecule is [2H]C([2H])([2H])N1CCC[C@@H]1Cc1c(C2CCC2)[nH]c2ccc(SCF)cc12. The molecule has 2 aromatic rings. The highest BCUT2D eigenvalue weighted by atomic mass is 32.2. The van der Waals surface area contributed by atoms with Gasteiger partial charge in [-0.3, -0.25) is 0 Å². The van der Waals surface area contributed by atoms with E-state index in [0.717, 1.165) is 35.1 Å². The lowest BCUT2D eigenvalue weighted by molar-refractivity contribution is 0.308. The number of thioether (sulfide) groups is 1. The van der Waals surface area contributed by atoms with Crippen LogP contribution in [0.25, 0.3) is 10.9 Å². The number of fused-ring (bicyclic) bond motifs is 1. The minimum Gasteiger partial charge on any atom is -0.358 e. The van der Waals surface area contributed by atoms with Crippen LogP contribution < -0.4 is 0 Å². The number of nitrogens with zero attached hydrogens (tertiary/aromatic N) is 1. The Hall–Kier alpha value is -1.00. The van der Waals surface area contributed by atoms with E-state index in [4.69, 9.17) is 4.11 Å². The molecule has 1 saturated heterocycles. The highest BCUT2D eigenvalue weighted by molar-refractivity contribution is 7.99. The van der Waals surface area contributed by atoms with E-state index in [1.54, 1.807) is 4.90 Å². The standard InChI is InChI=1S/C19H25FN2S/c1-22-9-3-6-14(22)10-17-16-11-15(23-12-20)7-8-18(16)21-19(17)13-4-2-5-13/h7-8,11,13-14,21H,2-6,9-10,12H2,1H3/t14-/m1/s1/i1D3. The van der Waals surface area contributed by atoms with Gasteiger partial charge in [0.15, 0.2) is 0 Å². The molecule has 0 unspecified atom stereocenters. The fraction of sp³-hybridized carbons (Fsp3) is 0.579. The van der Waals surface area contributed by atoms with Crippen LogP contribution in [0.1, 0.15) is 53.4 Å². The Labute approximate surface area is 146 Å². The summed E-state index contributed by atoms with van der Waals surface area (Å²) in [6.07, 6.45) is 6.27. The fourth-order valence-electron chi connectivity index (χ4n) is 3.95. The van der Waals surface area contributed by atoms with Gasteiger partial charge < -0.3 is 9.88 Å². The lowest BCUT2D eigenvalue weighted by Crippen LogP contribution is -2.27. The number of hydrogen-bond donors (Lipinski definition) is 1.